The van der Waals surface area contributed by atoms with Gasteiger partial charge in [-0.3, -0.25) is 4.79 Å². The van der Waals surface area contributed by atoms with Gasteiger partial charge in [-0.25, -0.2) is 0 Å². The van der Waals surface area contributed by atoms with E-state index in [9.17, 15) is 4.79 Å². The van der Waals surface area contributed by atoms with Gasteiger partial charge in [0.05, 0.1) is 5.92 Å². The van der Waals surface area contributed by atoms with Crippen molar-refractivity contribution >= 4 is 18.2 Å². The van der Waals surface area contributed by atoms with Crippen LogP contribution in [0.3, 0.4) is 0 Å². The maximum atomic E-state index is 12.4. The second-order valence-electron chi connectivity index (χ2n) is 4.51. The van der Waals surface area contributed by atoms with E-state index in [1.807, 2.05) is 48.5 Å². The van der Waals surface area contributed by atoms with Gasteiger partial charge in [-0.2, -0.15) is 0 Å². The highest BCUT2D eigenvalue weighted by atomic mass is 35.5. The molecule has 1 aliphatic heterocycles. The largest absolute Gasteiger partial charge is 0.484 e. The van der Waals surface area contributed by atoms with Crippen LogP contribution in [0.4, 0.5) is 0 Å². The molecule has 0 saturated heterocycles. The minimum absolute atomic E-state index is 0. The van der Waals surface area contributed by atoms with Crippen molar-refractivity contribution in [3.63, 3.8) is 0 Å². The van der Waals surface area contributed by atoms with Crippen LogP contribution in [0.25, 0.3) is 0 Å². The summed E-state index contributed by atoms with van der Waals surface area (Å²) in [4.78, 5) is 12.4. The fraction of sp³-hybridized carbons (Fsp3) is 0.133. The van der Waals surface area contributed by atoms with Gasteiger partial charge >= 0.3 is 0 Å². The number of rotatable bonds is 0. The predicted molar refractivity (Wildman–Crippen MR) is 70.6 cm³/mol. The van der Waals surface area contributed by atoms with Crippen LogP contribution >= 0.6 is 12.4 Å². The number of benzene rings is 2. The summed E-state index contributed by atoms with van der Waals surface area (Å²) in [5.41, 5.74) is 2.87. The molecule has 4 rings (SSSR count). The Labute approximate surface area is 111 Å². The Morgan fingerprint density at radius 2 is 1.56 bits per heavy atom. The number of carbonyl (C=O) groups is 1. The lowest BCUT2D eigenvalue weighted by atomic mass is 9.95. The molecule has 0 saturated carbocycles. The lowest BCUT2D eigenvalue weighted by Gasteiger charge is -2.08. The van der Waals surface area contributed by atoms with Crippen molar-refractivity contribution in [2.24, 2.45) is 0 Å². The summed E-state index contributed by atoms with van der Waals surface area (Å²) in [6.07, 6.45) is -0.115. The lowest BCUT2D eigenvalue weighted by Crippen LogP contribution is -2.07. The Balaban J connectivity index is 0.000001000. The molecule has 0 amide bonds. The quantitative estimate of drug-likeness (QED) is 0.723. The first-order chi connectivity index (χ1) is 8.36. The van der Waals surface area contributed by atoms with Crippen molar-refractivity contribution < 1.29 is 9.53 Å². The molecule has 2 aliphatic rings. The van der Waals surface area contributed by atoms with Gasteiger partial charge in [0.1, 0.15) is 11.9 Å². The van der Waals surface area contributed by atoms with Crippen LogP contribution in [0, 0.1) is 0 Å². The van der Waals surface area contributed by atoms with Crippen LogP contribution in [0.5, 0.6) is 5.75 Å². The van der Waals surface area contributed by atoms with E-state index in [4.69, 9.17) is 4.74 Å². The molecule has 0 radical (unpaired) electrons. The molecule has 2 aromatic rings. The first kappa shape index (κ1) is 11.3. The van der Waals surface area contributed by atoms with Gasteiger partial charge < -0.3 is 4.74 Å². The molecule has 3 heteroatoms. The average molecular weight is 259 g/mol. The maximum Gasteiger partial charge on any atom is 0.174 e. The summed E-state index contributed by atoms with van der Waals surface area (Å²) in [6.45, 7) is 0. The predicted octanol–water partition coefficient (Wildman–Crippen LogP) is 3.52. The maximum absolute atomic E-state index is 12.4. The number of fused-ring (bicyclic) bond motifs is 5. The minimum Gasteiger partial charge on any atom is -0.484 e. The fourth-order valence-electron chi connectivity index (χ4n) is 2.87. The molecule has 1 aliphatic carbocycles. The monoisotopic (exact) mass is 258 g/mol. The fourth-order valence-corrected chi connectivity index (χ4v) is 2.87. The Morgan fingerprint density at radius 3 is 2.39 bits per heavy atom. The molecule has 0 N–H and O–H groups in total. The van der Waals surface area contributed by atoms with Crippen LogP contribution in [-0.2, 0) is 0 Å². The number of Topliss-reactive ketones (excluding diaryl/α,β-unsaturated/α-hetero) is 1. The minimum atomic E-state index is -0.136. The molecule has 0 aromatic heterocycles. The van der Waals surface area contributed by atoms with E-state index in [-0.39, 0.29) is 30.2 Å². The van der Waals surface area contributed by atoms with Gasteiger partial charge in [-0.1, -0.05) is 42.5 Å². The van der Waals surface area contributed by atoms with Crippen LogP contribution in [-0.4, -0.2) is 5.78 Å². The second kappa shape index (κ2) is 3.85. The first-order valence-electron chi connectivity index (χ1n) is 5.75. The summed E-state index contributed by atoms with van der Waals surface area (Å²) in [5, 5.41) is 0. The third-order valence-corrected chi connectivity index (χ3v) is 3.63. The smallest absolute Gasteiger partial charge is 0.174 e. The Morgan fingerprint density at radius 1 is 0.889 bits per heavy atom. The summed E-state index contributed by atoms with van der Waals surface area (Å²) in [5.74, 6) is 0.907. The highest BCUT2D eigenvalue weighted by Gasteiger charge is 2.47. The molecular formula is C15H11ClO2. The summed E-state index contributed by atoms with van der Waals surface area (Å²) in [7, 11) is 0. The lowest BCUT2D eigenvalue weighted by molar-refractivity contribution is 0.0934. The van der Waals surface area contributed by atoms with Gasteiger partial charge in [0.15, 0.2) is 5.78 Å². The van der Waals surface area contributed by atoms with E-state index in [0.717, 1.165) is 22.4 Å². The first-order valence-corrected chi connectivity index (χ1v) is 5.75. The molecular weight excluding hydrogens is 248 g/mol. The number of ether oxygens (including phenoxy) is 1. The summed E-state index contributed by atoms with van der Waals surface area (Å²) < 4.78 is 5.91. The third-order valence-electron chi connectivity index (χ3n) is 3.63. The molecule has 2 aromatic carbocycles. The van der Waals surface area contributed by atoms with E-state index in [2.05, 4.69) is 0 Å². The van der Waals surface area contributed by atoms with E-state index in [0.29, 0.717) is 0 Å². The van der Waals surface area contributed by atoms with Crippen LogP contribution in [0.1, 0.15) is 33.5 Å². The van der Waals surface area contributed by atoms with Crippen LogP contribution in [0.15, 0.2) is 48.5 Å². The number of para-hydroxylation sites is 1. The topological polar surface area (TPSA) is 26.3 Å². The zero-order valence-corrected chi connectivity index (χ0v) is 10.3. The van der Waals surface area contributed by atoms with Crippen molar-refractivity contribution in [1.82, 2.24) is 0 Å². The number of ketones is 1. The third kappa shape index (κ3) is 1.27. The van der Waals surface area contributed by atoms with Crippen molar-refractivity contribution in [2.75, 3.05) is 0 Å². The highest BCUT2D eigenvalue weighted by molar-refractivity contribution is 6.07. The number of carbonyl (C=O) groups excluding carboxylic acids is 1. The normalized spacial score (nSPS) is 22.6. The van der Waals surface area contributed by atoms with Crippen LogP contribution < -0.4 is 4.74 Å². The Kier molecular flexibility index (Phi) is 2.42. The highest BCUT2D eigenvalue weighted by Crippen LogP contribution is 2.52. The molecule has 2 unspecified atom stereocenters. The van der Waals surface area contributed by atoms with Gasteiger partial charge in [-0.05, 0) is 6.07 Å². The molecule has 0 bridgehead atoms. The van der Waals surface area contributed by atoms with Gasteiger partial charge in [0.25, 0.3) is 0 Å². The molecule has 2 atom stereocenters. The zero-order valence-electron chi connectivity index (χ0n) is 9.50. The van der Waals surface area contributed by atoms with Gasteiger partial charge in [0, 0.05) is 16.7 Å². The van der Waals surface area contributed by atoms with E-state index in [1.165, 1.54) is 0 Å². The SMILES string of the molecule is Cl.O=C1c2ccccc2C2Oc3ccccc3C12. The molecule has 1 heterocycles. The van der Waals surface area contributed by atoms with Gasteiger partial charge in [0.2, 0.25) is 0 Å². The van der Waals surface area contributed by atoms with Crippen LogP contribution in [0.2, 0.25) is 0 Å². The van der Waals surface area contributed by atoms with E-state index in [1.54, 1.807) is 0 Å². The van der Waals surface area contributed by atoms with E-state index >= 15 is 0 Å². The standard InChI is InChI=1S/C15H10O2.ClH/c16-14-9-5-1-2-6-10(9)15-13(14)11-7-3-4-8-12(11)17-15;/h1-8,13,15H;1H. The average Bonchev–Trinajstić information content (AvgIpc) is 2.88. The van der Waals surface area contributed by atoms with Crippen molar-refractivity contribution in [1.29, 1.82) is 0 Å². The van der Waals surface area contributed by atoms with Crippen molar-refractivity contribution in [3.05, 3.63) is 65.2 Å². The second-order valence-corrected chi connectivity index (χ2v) is 4.51. The molecule has 18 heavy (non-hydrogen) atoms. The molecule has 2 nitrogen and oxygen atoms in total. The number of halogens is 1. The van der Waals surface area contributed by atoms with Crippen molar-refractivity contribution in [3.8, 4) is 5.75 Å². The molecule has 90 valence electrons. The van der Waals surface area contributed by atoms with Crippen molar-refractivity contribution in [2.45, 2.75) is 12.0 Å². The van der Waals surface area contributed by atoms with E-state index < -0.39 is 0 Å². The molecule has 0 fully saturated rings. The summed E-state index contributed by atoms with van der Waals surface area (Å²) >= 11 is 0. The Hall–Kier alpha value is -1.80. The molecule has 0 spiro atoms. The number of hydrogen-bond acceptors (Lipinski definition) is 2. The summed E-state index contributed by atoms with van der Waals surface area (Å²) in [6, 6.07) is 15.6. The Bertz CT molecular complexity index is 636. The number of hydrogen-bond donors (Lipinski definition) is 0. The zero-order chi connectivity index (χ0) is 11.4. The van der Waals surface area contributed by atoms with Gasteiger partial charge in [-0.15, -0.1) is 12.4 Å².